The quantitative estimate of drug-likeness (QED) is 0.816. The number of anilines is 1. The van der Waals surface area contributed by atoms with Crippen LogP contribution in [0.15, 0.2) is 39.7 Å². The first-order valence-electron chi connectivity index (χ1n) is 7.07. The van der Waals surface area contributed by atoms with Gasteiger partial charge in [-0.15, -0.1) is 0 Å². The molecule has 0 radical (unpaired) electrons. The van der Waals surface area contributed by atoms with E-state index in [0.717, 1.165) is 17.0 Å². The topological polar surface area (TPSA) is 47.4 Å². The Balaban J connectivity index is 2.20. The van der Waals surface area contributed by atoms with Crippen molar-refractivity contribution in [3.63, 3.8) is 0 Å². The van der Waals surface area contributed by atoms with E-state index in [0.29, 0.717) is 11.0 Å². The molecule has 0 fully saturated rings. The maximum absolute atomic E-state index is 11.9. The van der Waals surface area contributed by atoms with Gasteiger partial charge in [-0.2, -0.15) is 5.10 Å². The van der Waals surface area contributed by atoms with Crippen LogP contribution in [-0.2, 0) is 13.6 Å². The third kappa shape index (κ3) is 3.88. The molecule has 0 atom stereocenters. The Hall–Kier alpha value is -1.82. The smallest absolute Gasteiger partial charge is 0.282 e. The summed E-state index contributed by atoms with van der Waals surface area (Å²) in [6.45, 7) is 4.66. The van der Waals surface area contributed by atoms with E-state index >= 15 is 0 Å². The van der Waals surface area contributed by atoms with Crippen molar-refractivity contribution in [3.05, 3.63) is 50.9 Å². The molecule has 1 aromatic carbocycles. The maximum atomic E-state index is 11.9. The number of ether oxygens (including phenoxy) is 1. The van der Waals surface area contributed by atoms with Crippen LogP contribution in [-0.4, -0.2) is 22.9 Å². The molecule has 0 aliphatic rings. The summed E-state index contributed by atoms with van der Waals surface area (Å²) in [5.74, 6) is 0.849. The highest BCUT2D eigenvalue weighted by Gasteiger charge is 2.12. The van der Waals surface area contributed by atoms with Gasteiger partial charge >= 0.3 is 0 Å². The minimum Gasteiger partial charge on any atom is -0.491 e. The lowest BCUT2D eigenvalue weighted by Gasteiger charge is -2.21. The average molecular weight is 366 g/mol. The average Bonchev–Trinajstić information content (AvgIpc) is 2.44. The van der Waals surface area contributed by atoms with E-state index in [1.54, 1.807) is 13.2 Å². The van der Waals surface area contributed by atoms with E-state index in [4.69, 9.17) is 4.74 Å². The molecule has 0 bridgehead atoms. The lowest BCUT2D eigenvalue weighted by Crippen LogP contribution is -2.25. The largest absolute Gasteiger partial charge is 0.491 e. The first kappa shape index (κ1) is 16.5. The molecule has 0 aliphatic heterocycles. The van der Waals surface area contributed by atoms with Gasteiger partial charge in [-0.3, -0.25) is 4.79 Å². The first-order valence-corrected chi connectivity index (χ1v) is 7.86. The molecule has 0 spiro atoms. The summed E-state index contributed by atoms with van der Waals surface area (Å²) in [7, 11) is 3.56. The van der Waals surface area contributed by atoms with Crippen molar-refractivity contribution in [2.75, 3.05) is 11.9 Å². The summed E-state index contributed by atoms with van der Waals surface area (Å²) in [5, 5.41) is 4.07. The van der Waals surface area contributed by atoms with Crippen molar-refractivity contribution in [3.8, 4) is 5.75 Å². The molecule has 5 nitrogen and oxygen atoms in total. The van der Waals surface area contributed by atoms with Gasteiger partial charge < -0.3 is 9.64 Å². The number of aryl methyl sites for hydroxylation is 1. The molecular weight excluding hydrogens is 346 g/mol. The lowest BCUT2D eigenvalue weighted by molar-refractivity contribution is 0.242. The molecule has 1 aromatic heterocycles. The van der Waals surface area contributed by atoms with Gasteiger partial charge in [-0.25, -0.2) is 4.68 Å². The second-order valence-corrected chi connectivity index (χ2v) is 6.24. The Kier molecular flexibility index (Phi) is 5.24. The first-order chi connectivity index (χ1) is 10.4. The molecular formula is C16H20BrN3O2. The molecule has 0 aliphatic carbocycles. The van der Waals surface area contributed by atoms with Gasteiger partial charge in [0.25, 0.3) is 5.56 Å². The molecule has 0 N–H and O–H groups in total. The standard InChI is InChI=1S/C16H20BrN3O2/c1-11(2)22-13-7-5-6-12(8-13)10-19(3)14-9-18-20(4)16(21)15(14)17/h5-9,11H,10H2,1-4H3. The zero-order valence-corrected chi connectivity index (χ0v) is 14.8. The predicted molar refractivity (Wildman–Crippen MR) is 91.5 cm³/mol. The molecule has 22 heavy (non-hydrogen) atoms. The van der Waals surface area contributed by atoms with Crippen LogP contribution in [0.3, 0.4) is 0 Å². The highest BCUT2D eigenvalue weighted by atomic mass is 79.9. The Labute approximate surface area is 138 Å². The van der Waals surface area contributed by atoms with Crippen molar-refractivity contribution in [1.29, 1.82) is 0 Å². The Bertz CT molecular complexity index is 713. The van der Waals surface area contributed by atoms with Crippen LogP contribution in [0.1, 0.15) is 19.4 Å². The summed E-state index contributed by atoms with van der Waals surface area (Å²) >= 11 is 3.35. The van der Waals surface area contributed by atoms with Gasteiger partial charge in [0.15, 0.2) is 0 Å². The molecule has 0 unspecified atom stereocenters. The molecule has 6 heteroatoms. The summed E-state index contributed by atoms with van der Waals surface area (Å²) in [6, 6.07) is 7.96. The second kappa shape index (κ2) is 6.96. The summed E-state index contributed by atoms with van der Waals surface area (Å²) in [4.78, 5) is 13.9. The summed E-state index contributed by atoms with van der Waals surface area (Å²) < 4.78 is 7.53. The van der Waals surface area contributed by atoms with Crippen LogP contribution in [0.25, 0.3) is 0 Å². The SMILES string of the molecule is CC(C)Oc1cccc(CN(C)c2cnn(C)c(=O)c2Br)c1. The Morgan fingerprint density at radius 2 is 2.14 bits per heavy atom. The van der Waals surface area contributed by atoms with Crippen LogP contribution in [0.5, 0.6) is 5.75 Å². The summed E-state index contributed by atoms with van der Waals surface area (Å²) in [5.41, 5.74) is 1.72. The van der Waals surface area contributed by atoms with E-state index in [-0.39, 0.29) is 11.7 Å². The van der Waals surface area contributed by atoms with E-state index in [1.807, 2.05) is 50.1 Å². The van der Waals surface area contributed by atoms with Gasteiger partial charge in [-0.05, 0) is 47.5 Å². The summed E-state index contributed by atoms with van der Waals surface area (Å²) in [6.07, 6.45) is 1.82. The Morgan fingerprint density at radius 1 is 1.41 bits per heavy atom. The number of rotatable bonds is 5. The predicted octanol–water partition coefficient (Wildman–Crippen LogP) is 2.97. The van der Waals surface area contributed by atoms with Crippen molar-refractivity contribution in [2.45, 2.75) is 26.5 Å². The Morgan fingerprint density at radius 3 is 2.82 bits per heavy atom. The van der Waals surface area contributed by atoms with Crippen LogP contribution in [0.2, 0.25) is 0 Å². The van der Waals surface area contributed by atoms with E-state index in [9.17, 15) is 4.79 Å². The number of halogens is 1. The molecule has 1 heterocycles. The van der Waals surface area contributed by atoms with Gasteiger partial charge in [-0.1, -0.05) is 12.1 Å². The van der Waals surface area contributed by atoms with E-state index < -0.39 is 0 Å². The fraction of sp³-hybridized carbons (Fsp3) is 0.375. The number of hydrogen-bond donors (Lipinski definition) is 0. The minimum atomic E-state index is -0.152. The number of aromatic nitrogens is 2. The van der Waals surface area contributed by atoms with E-state index in [2.05, 4.69) is 21.0 Å². The fourth-order valence-corrected chi connectivity index (χ4v) is 2.78. The maximum Gasteiger partial charge on any atom is 0.282 e. The lowest BCUT2D eigenvalue weighted by atomic mass is 10.2. The number of benzene rings is 1. The van der Waals surface area contributed by atoms with Crippen LogP contribution in [0, 0.1) is 0 Å². The monoisotopic (exact) mass is 365 g/mol. The van der Waals surface area contributed by atoms with Gasteiger partial charge in [0, 0.05) is 20.6 Å². The zero-order valence-electron chi connectivity index (χ0n) is 13.2. The van der Waals surface area contributed by atoms with Gasteiger partial charge in [0.2, 0.25) is 0 Å². The van der Waals surface area contributed by atoms with Crippen LogP contribution in [0.4, 0.5) is 5.69 Å². The van der Waals surface area contributed by atoms with Crippen LogP contribution < -0.4 is 15.2 Å². The van der Waals surface area contributed by atoms with Crippen molar-refractivity contribution in [2.24, 2.45) is 7.05 Å². The number of nitrogens with zero attached hydrogens (tertiary/aromatic N) is 3. The van der Waals surface area contributed by atoms with Gasteiger partial charge in [0.1, 0.15) is 10.2 Å². The molecule has 2 aromatic rings. The van der Waals surface area contributed by atoms with Crippen LogP contribution >= 0.6 is 15.9 Å². The van der Waals surface area contributed by atoms with Crippen molar-refractivity contribution < 1.29 is 4.74 Å². The molecule has 0 saturated carbocycles. The molecule has 118 valence electrons. The second-order valence-electron chi connectivity index (χ2n) is 5.44. The third-order valence-corrected chi connectivity index (χ3v) is 3.91. The molecule has 2 rings (SSSR count). The third-order valence-electron chi connectivity index (χ3n) is 3.16. The van der Waals surface area contributed by atoms with Gasteiger partial charge in [0.05, 0.1) is 18.0 Å². The molecule has 0 amide bonds. The number of hydrogen-bond acceptors (Lipinski definition) is 4. The molecule has 0 saturated heterocycles. The van der Waals surface area contributed by atoms with Crippen molar-refractivity contribution in [1.82, 2.24) is 9.78 Å². The normalized spacial score (nSPS) is 10.8. The van der Waals surface area contributed by atoms with Crippen molar-refractivity contribution >= 4 is 21.6 Å². The zero-order chi connectivity index (χ0) is 16.3. The minimum absolute atomic E-state index is 0.142. The van der Waals surface area contributed by atoms with E-state index in [1.165, 1.54) is 4.68 Å². The fourth-order valence-electron chi connectivity index (χ4n) is 2.12. The highest BCUT2D eigenvalue weighted by Crippen LogP contribution is 2.23. The highest BCUT2D eigenvalue weighted by molar-refractivity contribution is 9.10.